The van der Waals surface area contributed by atoms with E-state index in [1.165, 1.54) is 0 Å². The molecule has 0 aromatic rings. The Labute approximate surface area is 97.0 Å². The molecule has 0 aromatic heterocycles. The van der Waals surface area contributed by atoms with E-state index < -0.39 is 6.10 Å². The van der Waals surface area contributed by atoms with Crippen molar-refractivity contribution in [1.29, 1.82) is 0 Å². The molecule has 1 unspecified atom stereocenters. The molecule has 1 aliphatic rings. The van der Waals surface area contributed by atoms with Crippen LogP contribution in [0.4, 0.5) is 0 Å². The van der Waals surface area contributed by atoms with Crippen LogP contribution in [0.15, 0.2) is 0 Å². The lowest BCUT2D eigenvalue weighted by molar-refractivity contribution is -0.00492. The summed E-state index contributed by atoms with van der Waals surface area (Å²) < 4.78 is 10.1. The van der Waals surface area contributed by atoms with Gasteiger partial charge in [0.15, 0.2) is 0 Å². The molecule has 1 aliphatic heterocycles. The Hall–Kier alpha value is -0.200. The Morgan fingerprint density at radius 2 is 2.25 bits per heavy atom. The number of ether oxygens (including phenoxy) is 2. The van der Waals surface area contributed by atoms with Gasteiger partial charge >= 0.3 is 0 Å². The molecule has 1 fully saturated rings. The van der Waals surface area contributed by atoms with Gasteiger partial charge in [-0.25, -0.2) is 0 Å². The van der Waals surface area contributed by atoms with Crippen LogP contribution in [-0.4, -0.2) is 73.9 Å². The van der Waals surface area contributed by atoms with Crippen LogP contribution in [0.2, 0.25) is 0 Å². The quantitative estimate of drug-likeness (QED) is 0.552. The van der Waals surface area contributed by atoms with E-state index in [0.717, 1.165) is 19.4 Å². The molecule has 0 aliphatic carbocycles. The number of rotatable bonds is 8. The number of nitrogens with zero attached hydrogens (tertiary/aromatic N) is 1. The fourth-order valence-corrected chi connectivity index (χ4v) is 2.03. The van der Waals surface area contributed by atoms with Crippen LogP contribution in [0, 0.1) is 0 Å². The molecule has 5 nitrogen and oxygen atoms in total. The van der Waals surface area contributed by atoms with Gasteiger partial charge in [0.25, 0.3) is 0 Å². The third-order valence-electron chi connectivity index (χ3n) is 2.90. The summed E-state index contributed by atoms with van der Waals surface area (Å²) in [5.41, 5.74) is 0. The Balaban J connectivity index is 2.10. The average molecular weight is 233 g/mol. The highest BCUT2D eigenvalue weighted by molar-refractivity contribution is 4.80. The largest absolute Gasteiger partial charge is 0.395 e. The van der Waals surface area contributed by atoms with E-state index >= 15 is 0 Å². The Morgan fingerprint density at radius 3 is 2.94 bits per heavy atom. The van der Waals surface area contributed by atoms with Crippen LogP contribution in [0.5, 0.6) is 0 Å². The Bertz CT molecular complexity index is 179. The normalized spacial score (nSPS) is 23.8. The molecule has 16 heavy (non-hydrogen) atoms. The number of aliphatic hydroxyl groups excluding tert-OH is 2. The van der Waals surface area contributed by atoms with Gasteiger partial charge in [-0.05, 0) is 19.4 Å². The molecule has 0 radical (unpaired) electrons. The number of methoxy groups -OCH3 is 1. The van der Waals surface area contributed by atoms with Gasteiger partial charge in [-0.3, -0.25) is 4.90 Å². The third kappa shape index (κ3) is 4.76. The summed E-state index contributed by atoms with van der Waals surface area (Å²) >= 11 is 0. The minimum atomic E-state index is -0.482. The van der Waals surface area contributed by atoms with Gasteiger partial charge in [0, 0.05) is 19.7 Å². The first kappa shape index (κ1) is 13.9. The van der Waals surface area contributed by atoms with Crippen molar-refractivity contribution in [3.05, 3.63) is 0 Å². The second-order valence-corrected chi connectivity index (χ2v) is 4.20. The van der Waals surface area contributed by atoms with E-state index in [4.69, 9.17) is 14.6 Å². The number of likely N-dealkylation sites (tertiary alicyclic amines) is 1. The lowest BCUT2D eigenvalue weighted by atomic mass is 10.2. The lowest BCUT2D eigenvalue weighted by Crippen LogP contribution is -2.39. The number of hydrogen-bond acceptors (Lipinski definition) is 5. The second-order valence-electron chi connectivity index (χ2n) is 4.20. The summed E-state index contributed by atoms with van der Waals surface area (Å²) in [6.07, 6.45) is 1.64. The van der Waals surface area contributed by atoms with Crippen molar-refractivity contribution in [2.24, 2.45) is 0 Å². The average Bonchev–Trinajstić information content (AvgIpc) is 2.71. The van der Waals surface area contributed by atoms with Gasteiger partial charge in [-0.2, -0.15) is 0 Å². The van der Waals surface area contributed by atoms with Crippen molar-refractivity contribution in [1.82, 2.24) is 4.90 Å². The molecule has 0 saturated carbocycles. The zero-order valence-corrected chi connectivity index (χ0v) is 9.97. The minimum absolute atomic E-state index is 0.178. The molecule has 2 N–H and O–H groups in total. The predicted molar refractivity (Wildman–Crippen MR) is 60.4 cm³/mol. The van der Waals surface area contributed by atoms with Crippen molar-refractivity contribution in [2.45, 2.75) is 25.0 Å². The van der Waals surface area contributed by atoms with Gasteiger partial charge < -0.3 is 19.7 Å². The fourth-order valence-electron chi connectivity index (χ4n) is 2.03. The topological polar surface area (TPSA) is 62.2 Å². The van der Waals surface area contributed by atoms with E-state index in [1.807, 2.05) is 0 Å². The van der Waals surface area contributed by atoms with Crippen molar-refractivity contribution >= 4 is 0 Å². The molecular formula is C11H23NO4. The van der Waals surface area contributed by atoms with Crippen molar-refractivity contribution < 1.29 is 19.7 Å². The van der Waals surface area contributed by atoms with E-state index in [-0.39, 0.29) is 12.6 Å². The van der Waals surface area contributed by atoms with Crippen molar-refractivity contribution in [3.8, 4) is 0 Å². The van der Waals surface area contributed by atoms with E-state index in [2.05, 4.69) is 4.90 Å². The zero-order valence-electron chi connectivity index (χ0n) is 9.97. The van der Waals surface area contributed by atoms with Crippen LogP contribution >= 0.6 is 0 Å². The summed E-state index contributed by atoms with van der Waals surface area (Å²) in [6, 6.07) is 0.216. The summed E-state index contributed by atoms with van der Waals surface area (Å²) in [5.74, 6) is 0. The van der Waals surface area contributed by atoms with E-state index in [1.54, 1.807) is 7.11 Å². The molecule has 5 heteroatoms. The lowest BCUT2D eigenvalue weighted by Gasteiger charge is -2.25. The second kappa shape index (κ2) is 7.97. The molecule has 0 spiro atoms. The fraction of sp³-hybridized carbons (Fsp3) is 1.00. The van der Waals surface area contributed by atoms with Crippen molar-refractivity contribution in [3.63, 3.8) is 0 Å². The van der Waals surface area contributed by atoms with Crippen LogP contribution in [-0.2, 0) is 9.47 Å². The van der Waals surface area contributed by atoms with Crippen LogP contribution in [0.1, 0.15) is 12.8 Å². The molecule has 0 bridgehead atoms. The maximum absolute atomic E-state index is 9.73. The van der Waals surface area contributed by atoms with E-state index in [9.17, 15) is 5.11 Å². The first-order chi connectivity index (χ1) is 7.77. The summed E-state index contributed by atoms with van der Waals surface area (Å²) in [5, 5.41) is 18.9. The Kier molecular flexibility index (Phi) is 6.91. The maximum Gasteiger partial charge on any atom is 0.0900 e. The highest BCUT2D eigenvalue weighted by atomic mass is 16.5. The summed E-state index contributed by atoms with van der Waals surface area (Å²) in [7, 11) is 1.62. The molecule has 1 heterocycles. The smallest absolute Gasteiger partial charge is 0.0900 e. The predicted octanol–water partition coefficient (Wildman–Crippen LogP) is -0.533. The van der Waals surface area contributed by atoms with Gasteiger partial charge in [-0.1, -0.05) is 0 Å². The molecule has 0 aromatic carbocycles. The Morgan fingerprint density at radius 1 is 1.44 bits per heavy atom. The molecule has 1 rings (SSSR count). The third-order valence-corrected chi connectivity index (χ3v) is 2.90. The number of β-amino-alcohol motifs (C(OH)–C–C–N with tert-alkyl or cyclic N) is 1. The zero-order chi connectivity index (χ0) is 11.8. The standard InChI is InChI=1S/C11H23NO4/c1-15-5-6-16-9-11(14)7-12-4-2-3-10(12)8-13/h10-11,13-14H,2-9H2,1H3/t10-,11?/m0/s1. The summed E-state index contributed by atoms with van der Waals surface area (Å²) in [6.45, 7) is 3.11. The molecule has 1 saturated heterocycles. The number of aliphatic hydroxyl groups is 2. The van der Waals surface area contributed by atoms with Gasteiger partial charge in [0.1, 0.15) is 0 Å². The summed E-state index contributed by atoms with van der Waals surface area (Å²) in [4.78, 5) is 2.13. The highest BCUT2D eigenvalue weighted by Gasteiger charge is 2.25. The monoisotopic (exact) mass is 233 g/mol. The highest BCUT2D eigenvalue weighted by Crippen LogP contribution is 2.16. The van der Waals surface area contributed by atoms with Gasteiger partial charge in [0.05, 0.1) is 32.5 Å². The number of hydrogen-bond donors (Lipinski definition) is 2. The van der Waals surface area contributed by atoms with Crippen LogP contribution in [0.25, 0.3) is 0 Å². The van der Waals surface area contributed by atoms with Gasteiger partial charge in [0.2, 0.25) is 0 Å². The van der Waals surface area contributed by atoms with Crippen molar-refractivity contribution in [2.75, 3.05) is 46.6 Å². The molecule has 96 valence electrons. The van der Waals surface area contributed by atoms with Crippen LogP contribution < -0.4 is 0 Å². The minimum Gasteiger partial charge on any atom is -0.395 e. The van der Waals surface area contributed by atoms with E-state index in [0.29, 0.717) is 26.4 Å². The van der Waals surface area contributed by atoms with Crippen LogP contribution in [0.3, 0.4) is 0 Å². The first-order valence-electron chi connectivity index (χ1n) is 5.87. The van der Waals surface area contributed by atoms with Gasteiger partial charge in [-0.15, -0.1) is 0 Å². The molecule has 2 atom stereocenters. The SMILES string of the molecule is COCCOCC(O)CN1CCC[C@H]1CO. The molecule has 0 amide bonds. The first-order valence-corrected chi connectivity index (χ1v) is 5.87. The molecular weight excluding hydrogens is 210 g/mol. The maximum atomic E-state index is 9.73.